The molecule has 4 nitrogen and oxygen atoms in total. The summed E-state index contributed by atoms with van der Waals surface area (Å²) in [6, 6.07) is 3.57. The summed E-state index contributed by atoms with van der Waals surface area (Å²) in [5.74, 6) is 0.551. The molecule has 1 N–H and O–H groups in total. The van der Waals surface area contributed by atoms with Gasteiger partial charge in [-0.15, -0.1) is 0 Å². The molecule has 0 saturated carbocycles. The fourth-order valence-corrected chi connectivity index (χ4v) is 1.30. The molecule has 2 aromatic rings. The molecule has 0 aliphatic carbocycles. The van der Waals surface area contributed by atoms with Crippen LogP contribution in [0, 0.1) is 0 Å². The second-order valence-electron chi connectivity index (χ2n) is 2.60. The van der Waals surface area contributed by atoms with Crippen LogP contribution in [-0.2, 0) is 0 Å². The maximum Gasteiger partial charge on any atom is 0.156 e. The van der Waals surface area contributed by atoms with E-state index in [-0.39, 0.29) is 0 Å². The third-order valence-corrected chi connectivity index (χ3v) is 1.93. The monoisotopic (exact) mass is 176 g/mol. The number of aldehydes is 1. The maximum atomic E-state index is 10.8. The third-order valence-electron chi connectivity index (χ3n) is 1.93. The van der Waals surface area contributed by atoms with Gasteiger partial charge in [-0.3, -0.25) is 4.79 Å². The number of carbonyl (C=O) groups is 1. The molecule has 0 atom stereocenters. The molecule has 66 valence electrons. The highest BCUT2D eigenvalue weighted by atomic mass is 16.5. The highest BCUT2D eigenvalue weighted by Gasteiger charge is 2.08. The number of hydrogen-bond acceptors (Lipinski definition) is 3. The Balaban J connectivity index is 2.81. The van der Waals surface area contributed by atoms with Gasteiger partial charge < -0.3 is 9.72 Å². The summed E-state index contributed by atoms with van der Waals surface area (Å²) in [6.45, 7) is 0. The van der Waals surface area contributed by atoms with Crippen LogP contribution in [0.2, 0.25) is 0 Å². The van der Waals surface area contributed by atoms with Crippen molar-refractivity contribution in [3.63, 3.8) is 0 Å². The second kappa shape index (κ2) is 2.90. The normalized spacial score (nSPS) is 10.2. The van der Waals surface area contributed by atoms with Gasteiger partial charge in [0.1, 0.15) is 11.3 Å². The Morgan fingerprint density at radius 1 is 1.54 bits per heavy atom. The molecule has 0 unspecified atom stereocenters. The lowest BCUT2D eigenvalue weighted by atomic mass is 10.2. The van der Waals surface area contributed by atoms with Crippen LogP contribution in [0.15, 0.2) is 18.5 Å². The standard InChI is InChI=1S/C9H8N2O2/c1-13-8-3-2-7-9(6(8)4-12)11-5-10-7/h2-5H,1H3,(H,10,11). The molecule has 0 saturated heterocycles. The van der Waals surface area contributed by atoms with Gasteiger partial charge in [-0.2, -0.15) is 0 Å². The molecule has 1 heterocycles. The zero-order chi connectivity index (χ0) is 9.26. The number of H-pyrrole nitrogens is 1. The van der Waals surface area contributed by atoms with E-state index < -0.39 is 0 Å². The summed E-state index contributed by atoms with van der Waals surface area (Å²) in [5.41, 5.74) is 1.97. The highest BCUT2D eigenvalue weighted by molar-refractivity contribution is 5.97. The molecule has 0 bridgehead atoms. The number of hydrogen-bond donors (Lipinski definition) is 1. The van der Waals surface area contributed by atoms with Crippen LogP contribution in [0.4, 0.5) is 0 Å². The predicted molar refractivity (Wildman–Crippen MR) is 48.0 cm³/mol. The molecule has 1 aromatic carbocycles. The van der Waals surface area contributed by atoms with Crippen molar-refractivity contribution in [2.45, 2.75) is 0 Å². The summed E-state index contributed by atoms with van der Waals surface area (Å²) < 4.78 is 5.03. The maximum absolute atomic E-state index is 10.8. The largest absolute Gasteiger partial charge is 0.496 e. The molecule has 0 aliphatic rings. The van der Waals surface area contributed by atoms with Crippen LogP contribution in [0.3, 0.4) is 0 Å². The second-order valence-corrected chi connectivity index (χ2v) is 2.60. The number of aromatic amines is 1. The lowest BCUT2D eigenvalue weighted by Gasteiger charge is -2.02. The first-order valence-corrected chi connectivity index (χ1v) is 3.82. The molecule has 0 fully saturated rings. The van der Waals surface area contributed by atoms with Gasteiger partial charge in [-0.1, -0.05) is 0 Å². The average Bonchev–Trinajstić information content (AvgIpc) is 2.63. The van der Waals surface area contributed by atoms with Gasteiger partial charge in [0.2, 0.25) is 0 Å². The van der Waals surface area contributed by atoms with Gasteiger partial charge >= 0.3 is 0 Å². The minimum Gasteiger partial charge on any atom is -0.496 e. The first-order valence-electron chi connectivity index (χ1n) is 3.82. The molecular formula is C9H8N2O2. The van der Waals surface area contributed by atoms with E-state index in [2.05, 4.69) is 9.97 Å². The number of rotatable bonds is 2. The number of aromatic nitrogens is 2. The molecule has 0 amide bonds. The van der Waals surface area contributed by atoms with Gasteiger partial charge in [-0.25, -0.2) is 4.98 Å². The summed E-state index contributed by atoms with van der Waals surface area (Å²) in [5, 5.41) is 0. The van der Waals surface area contributed by atoms with E-state index in [9.17, 15) is 4.79 Å². The van der Waals surface area contributed by atoms with E-state index >= 15 is 0 Å². The van der Waals surface area contributed by atoms with Crippen molar-refractivity contribution in [1.82, 2.24) is 9.97 Å². The first-order chi connectivity index (χ1) is 6.36. The number of carbonyl (C=O) groups excluding carboxylic acids is 1. The smallest absolute Gasteiger partial charge is 0.156 e. The van der Waals surface area contributed by atoms with Crippen LogP contribution >= 0.6 is 0 Å². The first kappa shape index (κ1) is 7.79. The van der Waals surface area contributed by atoms with E-state index in [1.807, 2.05) is 6.07 Å². The van der Waals surface area contributed by atoms with E-state index in [4.69, 9.17) is 4.74 Å². The van der Waals surface area contributed by atoms with E-state index in [1.165, 1.54) is 7.11 Å². The van der Waals surface area contributed by atoms with Gasteiger partial charge in [0.25, 0.3) is 0 Å². The van der Waals surface area contributed by atoms with Crippen LogP contribution in [0.25, 0.3) is 11.0 Å². The summed E-state index contributed by atoms with van der Waals surface area (Å²) in [7, 11) is 1.53. The SMILES string of the molecule is COc1ccc2[nH]cnc2c1C=O. The number of nitrogens with one attached hydrogen (secondary N) is 1. The van der Waals surface area contributed by atoms with E-state index in [0.29, 0.717) is 16.8 Å². The average molecular weight is 176 g/mol. The number of ether oxygens (including phenoxy) is 1. The molecule has 4 heteroatoms. The highest BCUT2D eigenvalue weighted by Crippen LogP contribution is 2.23. The quantitative estimate of drug-likeness (QED) is 0.703. The van der Waals surface area contributed by atoms with Crippen LogP contribution in [-0.4, -0.2) is 23.4 Å². The number of fused-ring (bicyclic) bond motifs is 1. The van der Waals surface area contributed by atoms with Crippen LogP contribution in [0.5, 0.6) is 5.75 Å². The Morgan fingerprint density at radius 3 is 3.08 bits per heavy atom. The van der Waals surface area contributed by atoms with Gasteiger partial charge in [0.15, 0.2) is 6.29 Å². The van der Waals surface area contributed by atoms with Crippen molar-refractivity contribution < 1.29 is 9.53 Å². The van der Waals surface area contributed by atoms with Crippen molar-refractivity contribution in [2.75, 3.05) is 7.11 Å². The Kier molecular flexibility index (Phi) is 1.73. The number of nitrogens with zero attached hydrogens (tertiary/aromatic N) is 1. The molecule has 13 heavy (non-hydrogen) atoms. The van der Waals surface area contributed by atoms with Crippen molar-refractivity contribution in [1.29, 1.82) is 0 Å². The van der Waals surface area contributed by atoms with Crippen molar-refractivity contribution in [3.05, 3.63) is 24.0 Å². The molecule has 1 aromatic heterocycles. The molecule has 2 rings (SSSR count). The third kappa shape index (κ3) is 1.07. The number of methoxy groups -OCH3 is 1. The Labute approximate surface area is 74.5 Å². The van der Waals surface area contributed by atoms with Crippen LogP contribution < -0.4 is 4.74 Å². The van der Waals surface area contributed by atoms with Gasteiger partial charge in [-0.05, 0) is 12.1 Å². The number of benzene rings is 1. The summed E-state index contributed by atoms with van der Waals surface area (Å²) >= 11 is 0. The summed E-state index contributed by atoms with van der Waals surface area (Å²) in [4.78, 5) is 17.7. The fraction of sp³-hybridized carbons (Fsp3) is 0.111. The van der Waals surface area contributed by atoms with E-state index in [1.54, 1.807) is 12.4 Å². The molecule has 0 spiro atoms. The molecular weight excluding hydrogens is 168 g/mol. The number of imidazole rings is 1. The zero-order valence-corrected chi connectivity index (χ0v) is 7.07. The van der Waals surface area contributed by atoms with Crippen molar-refractivity contribution in [3.8, 4) is 5.75 Å². The Bertz CT molecular complexity index is 448. The minimum atomic E-state index is 0.487. The summed E-state index contributed by atoms with van der Waals surface area (Å²) in [6.07, 6.45) is 2.30. The van der Waals surface area contributed by atoms with Crippen molar-refractivity contribution in [2.24, 2.45) is 0 Å². The predicted octanol–water partition coefficient (Wildman–Crippen LogP) is 1.38. The van der Waals surface area contributed by atoms with E-state index in [0.717, 1.165) is 11.8 Å². The molecule has 0 radical (unpaired) electrons. The van der Waals surface area contributed by atoms with Gasteiger partial charge in [0.05, 0.1) is 24.5 Å². The Hall–Kier alpha value is -1.84. The Morgan fingerprint density at radius 2 is 2.38 bits per heavy atom. The molecule has 0 aliphatic heterocycles. The topological polar surface area (TPSA) is 55.0 Å². The van der Waals surface area contributed by atoms with Gasteiger partial charge in [0, 0.05) is 0 Å². The fourth-order valence-electron chi connectivity index (χ4n) is 1.30. The lowest BCUT2D eigenvalue weighted by molar-refractivity contribution is 0.112. The van der Waals surface area contributed by atoms with Crippen LogP contribution in [0.1, 0.15) is 10.4 Å². The lowest BCUT2D eigenvalue weighted by Crippen LogP contribution is -1.91. The zero-order valence-electron chi connectivity index (χ0n) is 7.07. The van der Waals surface area contributed by atoms with Crippen molar-refractivity contribution >= 4 is 17.3 Å². The minimum absolute atomic E-state index is 0.487.